The van der Waals surface area contributed by atoms with Gasteiger partial charge in [0.05, 0.1) is 0 Å². The Hall–Kier alpha value is -0.190. The lowest BCUT2D eigenvalue weighted by molar-refractivity contribution is 0.463. The normalized spacial score (nSPS) is 9.90. The first kappa shape index (κ1) is 7.91. The molecular weight excluding hydrogens is 249 g/mol. The Kier molecular flexibility index (Phi) is 2.59. The van der Waals surface area contributed by atoms with E-state index >= 15 is 0 Å². The van der Waals surface area contributed by atoms with E-state index < -0.39 is 12.5 Å². The molecule has 0 N–H and O–H groups in total. The molecular formula is C7H5F2I. The molecule has 0 heterocycles. The van der Waals surface area contributed by atoms with Gasteiger partial charge in [-0.3, -0.25) is 0 Å². The maximum Gasteiger partial charge on any atom is 0.130 e. The summed E-state index contributed by atoms with van der Waals surface area (Å²) in [5.74, 6) is -0.464. The van der Waals surface area contributed by atoms with Crippen LogP contribution in [0.15, 0.2) is 18.2 Å². The average Bonchev–Trinajstić information content (AvgIpc) is 1.88. The smallest absolute Gasteiger partial charge is 0.130 e. The van der Waals surface area contributed by atoms with Crippen molar-refractivity contribution >= 4 is 22.6 Å². The molecule has 0 aliphatic carbocycles. The van der Waals surface area contributed by atoms with Gasteiger partial charge in [0, 0.05) is 9.13 Å². The molecule has 3 heteroatoms. The van der Waals surface area contributed by atoms with Gasteiger partial charge in [0.25, 0.3) is 0 Å². The molecule has 0 aromatic heterocycles. The largest absolute Gasteiger partial charge is 0.246 e. The first-order chi connectivity index (χ1) is 4.74. The molecule has 0 fully saturated rings. The van der Waals surface area contributed by atoms with Crippen LogP contribution < -0.4 is 0 Å². The Labute approximate surface area is 71.4 Å². The summed E-state index contributed by atoms with van der Waals surface area (Å²) in [5.41, 5.74) is 0.125. The van der Waals surface area contributed by atoms with E-state index in [1.807, 2.05) is 22.6 Å². The Morgan fingerprint density at radius 2 is 2.10 bits per heavy atom. The second kappa shape index (κ2) is 3.27. The SMILES string of the molecule is FCc1ccc(I)cc1F. The van der Waals surface area contributed by atoms with Gasteiger partial charge in [-0.15, -0.1) is 0 Å². The van der Waals surface area contributed by atoms with Crippen molar-refractivity contribution in [3.05, 3.63) is 33.1 Å². The van der Waals surface area contributed by atoms with Crippen LogP contribution in [0.2, 0.25) is 0 Å². The first-order valence-corrected chi connectivity index (χ1v) is 3.82. The van der Waals surface area contributed by atoms with E-state index in [1.165, 1.54) is 12.1 Å². The van der Waals surface area contributed by atoms with E-state index in [-0.39, 0.29) is 5.56 Å². The Bertz CT molecular complexity index is 235. The predicted octanol–water partition coefficient (Wildman–Crippen LogP) is 2.90. The molecule has 0 aliphatic heterocycles. The number of alkyl halides is 1. The number of benzene rings is 1. The van der Waals surface area contributed by atoms with Crippen molar-refractivity contribution < 1.29 is 8.78 Å². The third-order valence-electron chi connectivity index (χ3n) is 1.16. The zero-order valence-corrected chi connectivity index (χ0v) is 7.23. The molecule has 0 atom stereocenters. The molecule has 1 aromatic carbocycles. The molecule has 54 valence electrons. The second-order valence-electron chi connectivity index (χ2n) is 1.87. The Morgan fingerprint density at radius 1 is 1.40 bits per heavy atom. The second-order valence-corrected chi connectivity index (χ2v) is 3.11. The van der Waals surface area contributed by atoms with Crippen LogP contribution in [0.1, 0.15) is 5.56 Å². The fraction of sp³-hybridized carbons (Fsp3) is 0.143. The highest BCUT2D eigenvalue weighted by Gasteiger charge is 1.99. The van der Waals surface area contributed by atoms with Gasteiger partial charge in [-0.05, 0) is 34.7 Å². The zero-order valence-electron chi connectivity index (χ0n) is 5.07. The van der Waals surface area contributed by atoms with Crippen LogP contribution in [0.5, 0.6) is 0 Å². The molecule has 1 aromatic rings. The summed E-state index contributed by atoms with van der Waals surface area (Å²) in [6.07, 6.45) is 0. The molecule has 1 rings (SSSR count). The summed E-state index contributed by atoms with van der Waals surface area (Å²) in [4.78, 5) is 0. The van der Waals surface area contributed by atoms with E-state index in [4.69, 9.17) is 0 Å². The molecule has 0 saturated heterocycles. The third kappa shape index (κ3) is 1.65. The maximum absolute atomic E-state index is 12.6. The molecule has 0 aliphatic rings. The fourth-order valence-corrected chi connectivity index (χ4v) is 1.08. The minimum absolute atomic E-state index is 0.125. The monoisotopic (exact) mass is 254 g/mol. The number of halogens is 3. The van der Waals surface area contributed by atoms with Gasteiger partial charge in [-0.25, -0.2) is 8.78 Å². The van der Waals surface area contributed by atoms with E-state index in [0.29, 0.717) is 0 Å². The molecule has 10 heavy (non-hydrogen) atoms. The fourth-order valence-electron chi connectivity index (χ4n) is 0.630. The molecule has 0 bridgehead atoms. The summed E-state index contributed by atoms with van der Waals surface area (Å²) in [6, 6.07) is 4.45. The predicted molar refractivity (Wildman–Crippen MR) is 43.9 cm³/mol. The van der Waals surface area contributed by atoms with Crippen LogP contribution in [0.4, 0.5) is 8.78 Å². The summed E-state index contributed by atoms with van der Waals surface area (Å²) in [6.45, 7) is -0.733. The van der Waals surface area contributed by atoms with Gasteiger partial charge in [-0.2, -0.15) is 0 Å². The number of rotatable bonds is 1. The Balaban J connectivity index is 3.07. The topological polar surface area (TPSA) is 0 Å². The lowest BCUT2D eigenvalue weighted by Gasteiger charge is -1.96. The molecule has 0 saturated carbocycles. The highest BCUT2D eigenvalue weighted by molar-refractivity contribution is 14.1. The molecule has 0 unspecified atom stereocenters. The standard InChI is InChI=1S/C7H5F2I/c8-4-5-1-2-6(10)3-7(5)9/h1-3H,4H2. The minimum atomic E-state index is -0.733. The van der Waals surface area contributed by atoms with Gasteiger partial charge < -0.3 is 0 Å². The van der Waals surface area contributed by atoms with E-state index in [2.05, 4.69) is 0 Å². The van der Waals surface area contributed by atoms with Crippen molar-refractivity contribution in [2.75, 3.05) is 0 Å². The molecule has 0 spiro atoms. The minimum Gasteiger partial charge on any atom is -0.246 e. The van der Waals surface area contributed by atoms with Crippen LogP contribution in [0.25, 0.3) is 0 Å². The number of hydrogen-bond donors (Lipinski definition) is 0. The summed E-state index contributed by atoms with van der Waals surface area (Å²) < 4.78 is 25.3. The van der Waals surface area contributed by atoms with Crippen LogP contribution in [-0.4, -0.2) is 0 Å². The van der Waals surface area contributed by atoms with Crippen molar-refractivity contribution in [2.24, 2.45) is 0 Å². The summed E-state index contributed by atoms with van der Waals surface area (Å²) in [7, 11) is 0. The summed E-state index contributed by atoms with van der Waals surface area (Å²) >= 11 is 1.98. The molecule has 0 nitrogen and oxygen atoms in total. The van der Waals surface area contributed by atoms with Gasteiger partial charge in [0.1, 0.15) is 12.5 Å². The third-order valence-corrected chi connectivity index (χ3v) is 1.83. The lowest BCUT2D eigenvalue weighted by atomic mass is 10.2. The molecule has 0 radical (unpaired) electrons. The zero-order chi connectivity index (χ0) is 7.56. The van der Waals surface area contributed by atoms with E-state index in [9.17, 15) is 8.78 Å². The van der Waals surface area contributed by atoms with Crippen LogP contribution in [0, 0.1) is 9.39 Å². The highest BCUT2D eigenvalue weighted by Crippen LogP contribution is 2.12. The molecule has 0 amide bonds. The van der Waals surface area contributed by atoms with Crippen LogP contribution >= 0.6 is 22.6 Å². The summed E-state index contributed by atoms with van der Waals surface area (Å²) in [5, 5.41) is 0. The maximum atomic E-state index is 12.6. The highest BCUT2D eigenvalue weighted by atomic mass is 127. The van der Waals surface area contributed by atoms with Gasteiger partial charge in [0.15, 0.2) is 0 Å². The lowest BCUT2D eigenvalue weighted by Crippen LogP contribution is -1.86. The van der Waals surface area contributed by atoms with Crippen molar-refractivity contribution in [2.45, 2.75) is 6.67 Å². The van der Waals surface area contributed by atoms with Gasteiger partial charge in [-0.1, -0.05) is 6.07 Å². The van der Waals surface area contributed by atoms with Gasteiger partial charge in [0.2, 0.25) is 0 Å². The number of hydrogen-bond acceptors (Lipinski definition) is 0. The van der Waals surface area contributed by atoms with Crippen molar-refractivity contribution in [1.29, 1.82) is 0 Å². The van der Waals surface area contributed by atoms with E-state index in [0.717, 1.165) is 3.57 Å². The quantitative estimate of drug-likeness (QED) is 0.676. The average molecular weight is 254 g/mol. The first-order valence-electron chi connectivity index (χ1n) is 2.74. The van der Waals surface area contributed by atoms with E-state index in [1.54, 1.807) is 6.07 Å². The van der Waals surface area contributed by atoms with Crippen molar-refractivity contribution in [3.63, 3.8) is 0 Å². The Morgan fingerprint density at radius 3 is 2.60 bits per heavy atom. The van der Waals surface area contributed by atoms with Crippen molar-refractivity contribution in [3.8, 4) is 0 Å². The van der Waals surface area contributed by atoms with Crippen LogP contribution in [-0.2, 0) is 6.67 Å². The van der Waals surface area contributed by atoms with Crippen LogP contribution in [0.3, 0.4) is 0 Å². The van der Waals surface area contributed by atoms with Crippen molar-refractivity contribution in [1.82, 2.24) is 0 Å². The van der Waals surface area contributed by atoms with Gasteiger partial charge >= 0.3 is 0 Å².